The van der Waals surface area contributed by atoms with Crippen LogP contribution in [0, 0.1) is 18.3 Å². The van der Waals surface area contributed by atoms with Gasteiger partial charge in [-0.05, 0) is 37.6 Å². The molecule has 0 saturated heterocycles. The summed E-state index contributed by atoms with van der Waals surface area (Å²) in [5, 5.41) is 8.91. The van der Waals surface area contributed by atoms with Crippen molar-refractivity contribution in [2.24, 2.45) is 4.99 Å². The molecule has 1 aromatic rings. The molecule has 82 valence electrons. The third-order valence-corrected chi connectivity index (χ3v) is 2.04. The third kappa shape index (κ3) is 2.96. The molecule has 3 heteroatoms. The summed E-state index contributed by atoms with van der Waals surface area (Å²) in [5.41, 5.74) is 2.67. The quantitative estimate of drug-likeness (QED) is 0.572. The molecule has 0 fully saturated rings. The predicted octanol–water partition coefficient (Wildman–Crippen LogP) is 2.86. The Hall–Kier alpha value is -2.08. The second-order valence-electron chi connectivity index (χ2n) is 3.43. The second-order valence-corrected chi connectivity index (χ2v) is 3.43. The SMILES string of the molecule is C/C=C/N(C=NC)c1cc(C)cc(C#N)c1. The lowest BCUT2D eigenvalue weighted by Gasteiger charge is -2.15. The first-order chi connectivity index (χ1) is 7.71. The first kappa shape index (κ1) is 12.0. The summed E-state index contributed by atoms with van der Waals surface area (Å²) in [6.07, 6.45) is 5.55. The number of hydrogen-bond acceptors (Lipinski definition) is 2. The minimum absolute atomic E-state index is 0.661. The van der Waals surface area contributed by atoms with Gasteiger partial charge in [0, 0.05) is 18.9 Å². The number of rotatable bonds is 3. The van der Waals surface area contributed by atoms with Gasteiger partial charge in [0.15, 0.2) is 0 Å². The molecular formula is C13H15N3. The summed E-state index contributed by atoms with van der Waals surface area (Å²) in [6.45, 7) is 3.92. The van der Waals surface area contributed by atoms with Gasteiger partial charge in [0.1, 0.15) is 0 Å². The van der Waals surface area contributed by atoms with E-state index in [1.807, 2.05) is 49.2 Å². The van der Waals surface area contributed by atoms with Gasteiger partial charge in [-0.3, -0.25) is 4.99 Å². The number of aryl methyl sites for hydroxylation is 1. The molecule has 0 amide bonds. The standard InChI is InChI=1S/C13H15N3/c1-4-5-16(10-15-3)13-7-11(2)6-12(8-13)9-14/h4-8,10H,1-3H3/b5-4+,15-10?. The van der Waals surface area contributed by atoms with Gasteiger partial charge in [0.05, 0.1) is 18.0 Å². The summed E-state index contributed by atoms with van der Waals surface area (Å²) < 4.78 is 0. The first-order valence-electron chi connectivity index (χ1n) is 5.06. The van der Waals surface area contributed by atoms with Gasteiger partial charge in [-0.2, -0.15) is 5.26 Å². The minimum atomic E-state index is 0.661. The minimum Gasteiger partial charge on any atom is -0.309 e. The molecule has 0 atom stereocenters. The van der Waals surface area contributed by atoms with Gasteiger partial charge in [0.2, 0.25) is 0 Å². The Morgan fingerprint density at radius 3 is 2.69 bits per heavy atom. The van der Waals surface area contributed by atoms with Crippen molar-refractivity contribution in [3.8, 4) is 6.07 Å². The number of allylic oxidation sites excluding steroid dienone is 1. The van der Waals surface area contributed by atoms with Crippen LogP contribution in [-0.2, 0) is 0 Å². The average molecular weight is 213 g/mol. The fraction of sp³-hybridized carbons (Fsp3) is 0.231. The summed E-state index contributed by atoms with van der Waals surface area (Å²) in [5.74, 6) is 0. The van der Waals surface area contributed by atoms with Gasteiger partial charge in [-0.1, -0.05) is 6.08 Å². The molecule has 3 nitrogen and oxygen atoms in total. The highest BCUT2D eigenvalue weighted by Crippen LogP contribution is 2.18. The zero-order valence-corrected chi connectivity index (χ0v) is 9.81. The van der Waals surface area contributed by atoms with Crippen molar-refractivity contribution in [3.05, 3.63) is 41.6 Å². The van der Waals surface area contributed by atoms with Crippen molar-refractivity contribution in [3.63, 3.8) is 0 Å². The van der Waals surface area contributed by atoms with Crippen molar-refractivity contribution in [2.45, 2.75) is 13.8 Å². The normalized spacial score (nSPS) is 10.9. The number of anilines is 1. The highest BCUT2D eigenvalue weighted by molar-refractivity contribution is 5.82. The molecule has 0 bridgehead atoms. The van der Waals surface area contributed by atoms with Crippen molar-refractivity contribution in [2.75, 3.05) is 11.9 Å². The Balaban J connectivity index is 3.19. The van der Waals surface area contributed by atoms with Crippen LogP contribution < -0.4 is 4.90 Å². The Labute approximate surface area is 96.3 Å². The topological polar surface area (TPSA) is 39.4 Å². The van der Waals surface area contributed by atoms with Crippen LogP contribution in [0.5, 0.6) is 0 Å². The van der Waals surface area contributed by atoms with Crippen LogP contribution in [-0.4, -0.2) is 13.4 Å². The van der Waals surface area contributed by atoms with Gasteiger partial charge >= 0.3 is 0 Å². The number of hydrogen-bond donors (Lipinski definition) is 0. The van der Waals surface area contributed by atoms with E-state index in [-0.39, 0.29) is 0 Å². The Bertz CT molecular complexity index is 441. The lowest BCUT2D eigenvalue weighted by Crippen LogP contribution is -2.13. The van der Waals surface area contributed by atoms with Crippen LogP contribution in [0.2, 0.25) is 0 Å². The molecule has 16 heavy (non-hydrogen) atoms. The molecule has 0 aliphatic rings. The van der Waals surface area contributed by atoms with Crippen LogP contribution in [0.25, 0.3) is 0 Å². The Kier molecular flexibility index (Phi) is 4.28. The zero-order valence-electron chi connectivity index (χ0n) is 9.81. The fourth-order valence-electron chi connectivity index (χ4n) is 1.45. The van der Waals surface area contributed by atoms with E-state index < -0.39 is 0 Å². The number of benzene rings is 1. The highest BCUT2D eigenvalue weighted by Gasteiger charge is 2.02. The Morgan fingerprint density at radius 1 is 1.38 bits per heavy atom. The van der Waals surface area contributed by atoms with E-state index >= 15 is 0 Å². The van der Waals surface area contributed by atoms with Crippen LogP contribution >= 0.6 is 0 Å². The Morgan fingerprint density at radius 2 is 2.12 bits per heavy atom. The molecule has 0 N–H and O–H groups in total. The van der Waals surface area contributed by atoms with E-state index in [4.69, 9.17) is 5.26 Å². The third-order valence-electron chi connectivity index (χ3n) is 2.04. The largest absolute Gasteiger partial charge is 0.309 e. The van der Waals surface area contributed by atoms with Crippen LogP contribution in [0.3, 0.4) is 0 Å². The van der Waals surface area contributed by atoms with E-state index in [2.05, 4.69) is 11.1 Å². The molecular weight excluding hydrogens is 198 g/mol. The van der Waals surface area contributed by atoms with E-state index in [0.717, 1.165) is 11.3 Å². The van der Waals surface area contributed by atoms with E-state index in [1.165, 1.54) is 0 Å². The molecule has 0 radical (unpaired) electrons. The molecule has 0 aliphatic carbocycles. The number of nitrogens with zero attached hydrogens (tertiary/aromatic N) is 3. The molecule has 1 rings (SSSR count). The highest BCUT2D eigenvalue weighted by atomic mass is 15.1. The summed E-state index contributed by atoms with van der Waals surface area (Å²) in [7, 11) is 1.72. The lowest BCUT2D eigenvalue weighted by atomic mass is 10.1. The number of nitriles is 1. The van der Waals surface area contributed by atoms with Gasteiger partial charge in [-0.25, -0.2) is 0 Å². The lowest BCUT2D eigenvalue weighted by molar-refractivity contribution is 1.30. The van der Waals surface area contributed by atoms with Crippen LogP contribution in [0.15, 0.2) is 35.5 Å². The molecule has 0 aliphatic heterocycles. The van der Waals surface area contributed by atoms with E-state index in [1.54, 1.807) is 13.4 Å². The molecule has 0 saturated carbocycles. The summed E-state index contributed by atoms with van der Waals surface area (Å²) in [6, 6.07) is 7.87. The van der Waals surface area contributed by atoms with Crippen molar-refractivity contribution in [1.82, 2.24) is 0 Å². The van der Waals surface area contributed by atoms with Gasteiger partial charge < -0.3 is 4.90 Å². The summed E-state index contributed by atoms with van der Waals surface area (Å²) in [4.78, 5) is 5.87. The van der Waals surface area contributed by atoms with Crippen LogP contribution in [0.1, 0.15) is 18.1 Å². The molecule has 0 heterocycles. The maximum absolute atomic E-state index is 8.91. The number of aliphatic imine (C=N–C) groups is 1. The molecule has 0 unspecified atom stereocenters. The predicted molar refractivity (Wildman–Crippen MR) is 67.6 cm³/mol. The van der Waals surface area contributed by atoms with Crippen molar-refractivity contribution in [1.29, 1.82) is 5.26 Å². The van der Waals surface area contributed by atoms with Crippen molar-refractivity contribution >= 4 is 12.0 Å². The maximum Gasteiger partial charge on any atom is 0.0992 e. The zero-order chi connectivity index (χ0) is 12.0. The van der Waals surface area contributed by atoms with E-state index in [0.29, 0.717) is 5.56 Å². The smallest absolute Gasteiger partial charge is 0.0992 e. The molecule has 0 aromatic heterocycles. The van der Waals surface area contributed by atoms with Crippen molar-refractivity contribution < 1.29 is 0 Å². The first-order valence-corrected chi connectivity index (χ1v) is 5.06. The second kappa shape index (κ2) is 5.72. The molecule has 1 aromatic carbocycles. The molecule has 0 spiro atoms. The van der Waals surface area contributed by atoms with Crippen LogP contribution in [0.4, 0.5) is 5.69 Å². The van der Waals surface area contributed by atoms with E-state index in [9.17, 15) is 0 Å². The van der Waals surface area contributed by atoms with Gasteiger partial charge in [-0.15, -0.1) is 0 Å². The average Bonchev–Trinajstić information content (AvgIpc) is 2.28. The monoisotopic (exact) mass is 213 g/mol. The summed E-state index contributed by atoms with van der Waals surface area (Å²) >= 11 is 0. The van der Waals surface area contributed by atoms with Gasteiger partial charge in [0.25, 0.3) is 0 Å². The fourth-order valence-corrected chi connectivity index (χ4v) is 1.45. The maximum atomic E-state index is 8.91.